The van der Waals surface area contributed by atoms with Crippen molar-refractivity contribution in [2.45, 2.75) is 5.92 Å². The van der Waals surface area contributed by atoms with Crippen LogP contribution < -0.4 is 5.73 Å². The summed E-state index contributed by atoms with van der Waals surface area (Å²) in [7, 11) is 0. The summed E-state index contributed by atoms with van der Waals surface area (Å²) < 4.78 is 2.18. The highest BCUT2D eigenvalue weighted by atomic mass is 15.2. The maximum atomic E-state index is 6.36. The Kier molecular flexibility index (Phi) is 4.19. The first-order valence-corrected chi connectivity index (χ1v) is 11.3. The van der Waals surface area contributed by atoms with Crippen LogP contribution in [0.3, 0.4) is 0 Å². The molecule has 0 radical (unpaired) electrons. The predicted molar refractivity (Wildman–Crippen MR) is 136 cm³/mol. The Morgan fingerprint density at radius 1 is 0.800 bits per heavy atom. The number of rotatable bonds is 4. The van der Waals surface area contributed by atoms with E-state index in [1.54, 1.807) is 6.20 Å². The molecule has 7 aromatic rings. The molecule has 0 spiro atoms. The third-order valence-corrected chi connectivity index (χ3v) is 6.41. The highest BCUT2D eigenvalue weighted by Gasteiger charge is 2.30. The topological polar surface area (TPSA) is 114 Å². The Balaban J connectivity index is 1.59. The molecular weight excluding hydrogens is 436 g/mol. The van der Waals surface area contributed by atoms with Crippen molar-refractivity contribution in [1.82, 2.24) is 34.7 Å². The normalized spacial score (nSPS) is 12.6. The van der Waals surface area contributed by atoms with Gasteiger partial charge >= 0.3 is 0 Å². The molecule has 35 heavy (non-hydrogen) atoms. The first-order chi connectivity index (χ1) is 17.3. The number of nitrogens with two attached hydrogens (primary N) is 1. The van der Waals surface area contributed by atoms with Crippen LogP contribution in [-0.4, -0.2) is 34.7 Å². The van der Waals surface area contributed by atoms with Gasteiger partial charge in [0.1, 0.15) is 23.4 Å². The van der Waals surface area contributed by atoms with E-state index in [1.807, 2.05) is 54.7 Å². The lowest BCUT2D eigenvalue weighted by molar-refractivity contribution is 0.784. The molecule has 0 aliphatic rings. The summed E-state index contributed by atoms with van der Waals surface area (Å²) in [6, 6.07) is 26.6. The molecule has 0 bridgehead atoms. The average Bonchev–Trinajstić information content (AvgIpc) is 3.62. The summed E-state index contributed by atoms with van der Waals surface area (Å²) in [6.07, 6.45) is 3.66. The van der Waals surface area contributed by atoms with Gasteiger partial charge < -0.3 is 10.7 Å². The number of nitrogens with one attached hydrogen (secondary N) is 2. The maximum Gasteiger partial charge on any atom is 0.161 e. The largest absolute Gasteiger partial charge is 0.383 e. The number of aromatic amines is 2. The van der Waals surface area contributed by atoms with Crippen molar-refractivity contribution in [3.63, 3.8) is 0 Å². The molecule has 0 fully saturated rings. The molecule has 0 amide bonds. The molecule has 1 unspecified atom stereocenters. The number of hydrogen-bond acceptors (Lipinski definition) is 5. The van der Waals surface area contributed by atoms with Gasteiger partial charge in [-0.05, 0) is 35.9 Å². The van der Waals surface area contributed by atoms with Crippen LogP contribution in [-0.2, 0) is 0 Å². The Bertz CT molecular complexity index is 1830. The van der Waals surface area contributed by atoms with Crippen molar-refractivity contribution in [2.75, 3.05) is 5.73 Å². The minimum absolute atomic E-state index is 0.381. The van der Waals surface area contributed by atoms with Crippen molar-refractivity contribution in [2.24, 2.45) is 0 Å². The Hall–Kier alpha value is -4.98. The van der Waals surface area contributed by atoms with E-state index in [4.69, 9.17) is 20.7 Å². The van der Waals surface area contributed by atoms with Crippen LogP contribution in [0.15, 0.2) is 91.3 Å². The fraction of sp³-hybridized carbons (Fsp3) is 0.0370. The van der Waals surface area contributed by atoms with E-state index in [2.05, 4.69) is 50.1 Å². The molecule has 1 atom stereocenters. The summed E-state index contributed by atoms with van der Waals surface area (Å²) in [5.74, 6) is 1.34. The number of imidazole rings is 1. The molecule has 4 aromatic heterocycles. The van der Waals surface area contributed by atoms with E-state index in [0.29, 0.717) is 22.7 Å². The fourth-order valence-corrected chi connectivity index (χ4v) is 4.82. The number of para-hydroxylation sites is 4. The monoisotopic (exact) mass is 456 g/mol. The maximum absolute atomic E-state index is 6.36. The third kappa shape index (κ3) is 3.00. The van der Waals surface area contributed by atoms with Gasteiger partial charge in [-0.15, -0.1) is 0 Å². The highest BCUT2D eigenvalue weighted by Crippen LogP contribution is 2.38. The fourth-order valence-electron chi connectivity index (χ4n) is 4.82. The van der Waals surface area contributed by atoms with E-state index in [1.165, 1.54) is 0 Å². The summed E-state index contributed by atoms with van der Waals surface area (Å²) >= 11 is 0. The Morgan fingerprint density at radius 3 is 2.51 bits per heavy atom. The molecule has 4 heterocycles. The quantitative estimate of drug-likeness (QED) is 0.347. The third-order valence-electron chi connectivity index (χ3n) is 6.41. The van der Waals surface area contributed by atoms with Gasteiger partial charge in [0.15, 0.2) is 5.65 Å². The van der Waals surface area contributed by atoms with Crippen molar-refractivity contribution in [3.05, 3.63) is 108 Å². The smallest absolute Gasteiger partial charge is 0.161 e. The number of nitrogens with zero attached hydrogens (tertiary/aromatic N) is 5. The van der Waals surface area contributed by atoms with Crippen molar-refractivity contribution in [3.8, 4) is 5.69 Å². The number of hydrogen-bond donors (Lipinski definition) is 3. The van der Waals surface area contributed by atoms with Crippen molar-refractivity contribution < 1.29 is 0 Å². The molecule has 0 saturated heterocycles. The van der Waals surface area contributed by atoms with Crippen LogP contribution in [0, 0.1) is 0 Å². The van der Waals surface area contributed by atoms with Gasteiger partial charge in [0, 0.05) is 22.8 Å². The van der Waals surface area contributed by atoms with Crippen LogP contribution >= 0.6 is 0 Å². The van der Waals surface area contributed by atoms with Crippen molar-refractivity contribution >= 4 is 38.8 Å². The molecule has 8 heteroatoms. The zero-order valence-corrected chi connectivity index (χ0v) is 18.6. The van der Waals surface area contributed by atoms with Gasteiger partial charge in [-0.2, -0.15) is 5.10 Å². The number of fused-ring (bicyclic) bond motifs is 3. The summed E-state index contributed by atoms with van der Waals surface area (Å²) in [5, 5.41) is 8.84. The molecule has 8 nitrogen and oxygen atoms in total. The number of benzene rings is 3. The molecule has 3 aromatic carbocycles. The first-order valence-electron chi connectivity index (χ1n) is 11.3. The molecule has 0 saturated carbocycles. The molecule has 0 aliphatic carbocycles. The van der Waals surface area contributed by atoms with Crippen LogP contribution in [0.25, 0.3) is 38.7 Å². The van der Waals surface area contributed by atoms with Crippen LogP contribution in [0.5, 0.6) is 0 Å². The number of anilines is 1. The number of aromatic nitrogens is 7. The number of H-pyrrole nitrogens is 2. The van der Waals surface area contributed by atoms with Crippen LogP contribution in [0.1, 0.15) is 23.1 Å². The molecule has 0 aliphatic heterocycles. The van der Waals surface area contributed by atoms with Gasteiger partial charge in [0.05, 0.1) is 22.6 Å². The highest BCUT2D eigenvalue weighted by molar-refractivity contribution is 5.87. The second kappa shape index (κ2) is 7.53. The predicted octanol–water partition coefficient (Wildman–Crippen LogP) is 4.94. The molecular formula is C27H20N8. The van der Waals surface area contributed by atoms with Crippen molar-refractivity contribution in [1.29, 1.82) is 0 Å². The van der Waals surface area contributed by atoms with Gasteiger partial charge in [0.25, 0.3) is 0 Å². The Labute approximate surface area is 199 Å². The van der Waals surface area contributed by atoms with E-state index in [0.717, 1.165) is 39.0 Å². The standard InChI is InChI=1S/C27H20N8/c28-24-19-15-30-34-25(19)33-26(32-24)23(18-14-29-20-11-5-4-10-17(18)20)27-31-21-12-6-7-13-22(21)35(27)16-8-2-1-3-9-16/h1-15,23,29H,(H3,28,30,32,33,34). The number of nitrogen functional groups attached to an aromatic ring is 1. The molecule has 168 valence electrons. The summed E-state index contributed by atoms with van der Waals surface area (Å²) in [6.45, 7) is 0. The zero-order valence-electron chi connectivity index (χ0n) is 18.6. The van der Waals surface area contributed by atoms with Crippen LogP contribution in [0.4, 0.5) is 5.82 Å². The molecule has 4 N–H and O–H groups in total. The molecule has 7 rings (SSSR count). The van der Waals surface area contributed by atoms with Gasteiger partial charge in [-0.1, -0.05) is 48.5 Å². The van der Waals surface area contributed by atoms with Gasteiger partial charge in [0.2, 0.25) is 0 Å². The van der Waals surface area contributed by atoms with E-state index >= 15 is 0 Å². The van der Waals surface area contributed by atoms with Gasteiger partial charge in [-0.3, -0.25) is 9.67 Å². The van der Waals surface area contributed by atoms with E-state index < -0.39 is 5.92 Å². The van der Waals surface area contributed by atoms with Crippen LogP contribution in [0.2, 0.25) is 0 Å². The van der Waals surface area contributed by atoms with E-state index in [-0.39, 0.29) is 0 Å². The second-order valence-electron chi connectivity index (χ2n) is 8.45. The van der Waals surface area contributed by atoms with Gasteiger partial charge in [-0.25, -0.2) is 15.0 Å². The SMILES string of the molecule is Nc1nc(C(c2c[nH]c3ccccc23)c2nc3ccccc3n2-c2ccccc2)nc2[nH]ncc12. The second-order valence-corrected chi connectivity index (χ2v) is 8.45. The zero-order chi connectivity index (χ0) is 23.4. The minimum Gasteiger partial charge on any atom is -0.383 e. The lowest BCUT2D eigenvalue weighted by atomic mass is 9.96. The Morgan fingerprint density at radius 2 is 1.60 bits per heavy atom. The lowest BCUT2D eigenvalue weighted by Crippen LogP contribution is -2.14. The van der Waals surface area contributed by atoms with E-state index in [9.17, 15) is 0 Å². The summed E-state index contributed by atoms with van der Waals surface area (Å²) in [4.78, 5) is 18.2. The minimum atomic E-state index is -0.395. The lowest BCUT2D eigenvalue weighted by Gasteiger charge is -2.18. The average molecular weight is 457 g/mol. The first kappa shape index (κ1) is 19.5. The summed E-state index contributed by atoms with van der Waals surface area (Å²) in [5.41, 5.74) is 11.9.